The highest BCUT2D eigenvalue weighted by Gasteiger charge is 2.34. The Morgan fingerprint density at radius 3 is 2.32 bits per heavy atom. The number of halogens is 4. The standard InChI is InChI=1S/C14H11F4N/c1-8-3-4-19-13(5-8)10-7-11(14(16,17)18)12(15)6-9(10)2/h3-7H,1-2H3. The number of rotatable bonds is 1. The minimum Gasteiger partial charge on any atom is -0.256 e. The maximum Gasteiger partial charge on any atom is 0.419 e. The largest absolute Gasteiger partial charge is 0.419 e. The number of benzene rings is 1. The van der Waals surface area contributed by atoms with Gasteiger partial charge in [0.05, 0.1) is 11.3 Å². The number of pyridine rings is 1. The van der Waals surface area contributed by atoms with E-state index >= 15 is 0 Å². The zero-order chi connectivity index (χ0) is 14.2. The first-order valence-electron chi connectivity index (χ1n) is 5.59. The molecule has 0 fully saturated rings. The molecule has 0 spiro atoms. The molecule has 1 nitrogen and oxygen atoms in total. The van der Waals surface area contributed by atoms with Crippen LogP contribution in [0.1, 0.15) is 16.7 Å². The second-order valence-electron chi connectivity index (χ2n) is 4.36. The van der Waals surface area contributed by atoms with E-state index in [1.165, 1.54) is 6.20 Å². The van der Waals surface area contributed by atoms with Gasteiger partial charge in [0.15, 0.2) is 0 Å². The van der Waals surface area contributed by atoms with Gasteiger partial charge in [-0.05, 0) is 49.2 Å². The van der Waals surface area contributed by atoms with Crippen LogP contribution in [0.4, 0.5) is 17.6 Å². The van der Waals surface area contributed by atoms with Crippen LogP contribution in [-0.4, -0.2) is 4.98 Å². The van der Waals surface area contributed by atoms with Crippen LogP contribution in [0.3, 0.4) is 0 Å². The van der Waals surface area contributed by atoms with Crippen LogP contribution in [0.15, 0.2) is 30.5 Å². The Labute approximate surface area is 107 Å². The number of hydrogen-bond donors (Lipinski definition) is 0. The van der Waals surface area contributed by atoms with E-state index in [-0.39, 0.29) is 5.56 Å². The van der Waals surface area contributed by atoms with E-state index in [4.69, 9.17) is 0 Å². The van der Waals surface area contributed by atoms with Crippen molar-refractivity contribution in [3.05, 3.63) is 53.0 Å². The Morgan fingerprint density at radius 1 is 1.05 bits per heavy atom. The van der Waals surface area contributed by atoms with Crippen molar-refractivity contribution in [3.63, 3.8) is 0 Å². The van der Waals surface area contributed by atoms with Gasteiger partial charge in [0.1, 0.15) is 5.82 Å². The molecule has 0 aliphatic heterocycles. The van der Waals surface area contributed by atoms with E-state index in [1.54, 1.807) is 19.1 Å². The molecule has 1 aromatic carbocycles. The molecule has 0 amide bonds. The normalized spacial score (nSPS) is 11.7. The molecule has 100 valence electrons. The van der Waals surface area contributed by atoms with E-state index in [0.717, 1.165) is 17.7 Å². The lowest BCUT2D eigenvalue weighted by Gasteiger charge is -2.12. The zero-order valence-electron chi connectivity index (χ0n) is 10.3. The van der Waals surface area contributed by atoms with Gasteiger partial charge in [0.25, 0.3) is 0 Å². The molecule has 2 aromatic rings. The van der Waals surface area contributed by atoms with Crippen LogP contribution in [0.2, 0.25) is 0 Å². The predicted octanol–water partition coefficient (Wildman–Crippen LogP) is 4.52. The van der Waals surface area contributed by atoms with Gasteiger partial charge in [-0.1, -0.05) is 0 Å². The lowest BCUT2D eigenvalue weighted by Crippen LogP contribution is -2.09. The van der Waals surface area contributed by atoms with Crippen LogP contribution in [0, 0.1) is 19.7 Å². The third-order valence-corrected chi connectivity index (χ3v) is 2.81. The summed E-state index contributed by atoms with van der Waals surface area (Å²) in [7, 11) is 0. The smallest absolute Gasteiger partial charge is 0.256 e. The highest BCUT2D eigenvalue weighted by atomic mass is 19.4. The van der Waals surface area contributed by atoms with Gasteiger partial charge < -0.3 is 0 Å². The summed E-state index contributed by atoms with van der Waals surface area (Å²) in [6.07, 6.45) is -3.20. The Hall–Kier alpha value is -1.91. The van der Waals surface area contributed by atoms with E-state index in [1.807, 2.05) is 6.92 Å². The van der Waals surface area contributed by atoms with Crippen molar-refractivity contribution in [2.45, 2.75) is 20.0 Å². The summed E-state index contributed by atoms with van der Waals surface area (Å²) in [6.45, 7) is 3.37. The highest BCUT2D eigenvalue weighted by molar-refractivity contribution is 5.65. The summed E-state index contributed by atoms with van der Waals surface area (Å²) < 4.78 is 51.5. The summed E-state index contributed by atoms with van der Waals surface area (Å²) in [5.41, 5.74) is 0.725. The first-order chi connectivity index (χ1) is 8.79. The van der Waals surface area contributed by atoms with Crippen LogP contribution >= 0.6 is 0 Å². The molecular formula is C14H11F4N. The summed E-state index contributed by atoms with van der Waals surface area (Å²) >= 11 is 0. The lowest BCUT2D eigenvalue weighted by molar-refractivity contribution is -0.139. The molecule has 1 aromatic heterocycles. The van der Waals surface area contributed by atoms with Crippen molar-refractivity contribution in [2.24, 2.45) is 0 Å². The quantitative estimate of drug-likeness (QED) is 0.693. The topological polar surface area (TPSA) is 12.9 Å². The summed E-state index contributed by atoms with van der Waals surface area (Å²) in [6, 6.07) is 5.11. The van der Waals surface area contributed by atoms with Gasteiger partial charge in [-0.25, -0.2) is 4.39 Å². The third-order valence-electron chi connectivity index (χ3n) is 2.81. The zero-order valence-corrected chi connectivity index (χ0v) is 10.3. The molecule has 2 rings (SSSR count). The van der Waals surface area contributed by atoms with Crippen molar-refractivity contribution in [3.8, 4) is 11.3 Å². The SMILES string of the molecule is Cc1ccnc(-c2cc(C(F)(F)F)c(F)cc2C)c1. The maximum absolute atomic E-state index is 13.4. The number of aromatic nitrogens is 1. The molecule has 5 heteroatoms. The molecule has 0 aliphatic rings. The average Bonchev–Trinajstić information content (AvgIpc) is 2.27. The van der Waals surface area contributed by atoms with Gasteiger partial charge in [-0.2, -0.15) is 13.2 Å². The molecule has 0 saturated carbocycles. The van der Waals surface area contributed by atoms with Gasteiger partial charge >= 0.3 is 6.18 Å². The molecule has 0 radical (unpaired) electrons. The van der Waals surface area contributed by atoms with Crippen LogP contribution in [0.25, 0.3) is 11.3 Å². The fraction of sp³-hybridized carbons (Fsp3) is 0.214. The molecule has 0 aliphatic carbocycles. The molecule has 1 heterocycles. The number of hydrogen-bond acceptors (Lipinski definition) is 1. The maximum atomic E-state index is 13.4. The predicted molar refractivity (Wildman–Crippen MR) is 64.1 cm³/mol. The van der Waals surface area contributed by atoms with Gasteiger partial charge in [-0.15, -0.1) is 0 Å². The van der Waals surface area contributed by atoms with Crippen molar-refractivity contribution in [2.75, 3.05) is 0 Å². The van der Waals surface area contributed by atoms with E-state index in [0.29, 0.717) is 11.3 Å². The number of nitrogens with zero attached hydrogens (tertiary/aromatic N) is 1. The third kappa shape index (κ3) is 2.75. The molecule has 0 unspecified atom stereocenters. The Bertz CT molecular complexity index is 617. The Balaban J connectivity index is 2.64. The minimum atomic E-state index is -4.71. The summed E-state index contributed by atoms with van der Waals surface area (Å²) in [5, 5.41) is 0. The molecular weight excluding hydrogens is 258 g/mol. The minimum absolute atomic E-state index is 0.289. The average molecular weight is 269 g/mol. The van der Waals surface area contributed by atoms with Crippen LogP contribution < -0.4 is 0 Å². The van der Waals surface area contributed by atoms with Crippen LogP contribution in [-0.2, 0) is 6.18 Å². The fourth-order valence-electron chi connectivity index (χ4n) is 1.85. The molecule has 19 heavy (non-hydrogen) atoms. The van der Waals surface area contributed by atoms with E-state index in [9.17, 15) is 17.6 Å². The van der Waals surface area contributed by atoms with E-state index in [2.05, 4.69) is 4.98 Å². The fourth-order valence-corrected chi connectivity index (χ4v) is 1.85. The second-order valence-corrected chi connectivity index (χ2v) is 4.36. The van der Waals surface area contributed by atoms with Gasteiger partial charge in [0.2, 0.25) is 0 Å². The monoisotopic (exact) mass is 269 g/mol. The first-order valence-corrected chi connectivity index (χ1v) is 5.59. The highest BCUT2D eigenvalue weighted by Crippen LogP contribution is 2.35. The second kappa shape index (κ2) is 4.64. The number of alkyl halides is 3. The van der Waals surface area contributed by atoms with Gasteiger partial charge in [-0.3, -0.25) is 4.98 Å². The summed E-state index contributed by atoms with van der Waals surface area (Å²) in [5.74, 6) is -1.26. The van der Waals surface area contributed by atoms with Gasteiger partial charge in [0, 0.05) is 11.8 Å². The Kier molecular flexibility index (Phi) is 3.30. The summed E-state index contributed by atoms with van der Waals surface area (Å²) in [4.78, 5) is 4.03. The van der Waals surface area contributed by atoms with Crippen molar-refractivity contribution in [1.29, 1.82) is 0 Å². The first kappa shape index (κ1) is 13.5. The lowest BCUT2D eigenvalue weighted by atomic mass is 10.00. The molecule has 0 atom stereocenters. The van der Waals surface area contributed by atoms with Crippen molar-refractivity contribution in [1.82, 2.24) is 4.98 Å². The Morgan fingerprint density at radius 2 is 1.74 bits per heavy atom. The molecule has 0 bridgehead atoms. The van der Waals surface area contributed by atoms with Crippen LogP contribution in [0.5, 0.6) is 0 Å². The van der Waals surface area contributed by atoms with Crippen molar-refractivity contribution >= 4 is 0 Å². The number of aryl methyl sites for hydroxylation is 2. The van der Waals surface area contributed by atoms with E-state index < -0.39 is 17.6 Å². The molecule has 0 saturated heterocycles. The molecule has 0 N–H and O–H groups in total. The van der Waals surface area contributed by atoms with Crippen molar-refractivity contribution < 1.29 is 17.6 Å².